The molecule has 0 saturated carbocycles. The molecule has 0 atom stereocenters. The van der Waals surface area contributed by atoms with Gasteiger partial charge in [-0.25, -0.2) is 5.43 Å². The zero-order chi connectivity index (χ0) is 24.3. The number of hydrazone groups is 1. The number of aryl methyl sites for hydroxylation is 1. The number of benzene rings is 3. The summed E-state index contributed by atoms with van der Waals surface area (Å²) in [5.41, 5.74) is 4.79. The number of hydrogen-bond donors (Lipinski definition) is 3. The maximum Gasteiger partial charge on any atom is 0.329 e. The molecule has 3 rings (SSSR count). The predicted molar refractivity (Wildman–Crippen MR) is 132 cm³/mol. The zero-order valence-electron chi connectivity index (χ0n) is 18.4. The van der Waals surface area contributed by atoms with E-state index in [0.717, 1.165) is 12.0 Å². The summed E-state index contributed by atoms with van der Waals surface area (Å²) in [5, 5.41) is 9.49. The molecule has 0 aliphatic carbocycles. The van der Waals surface area contributed by atoms with E-state index in [9.17, 15) is 14.4 Å². The van der Waals surface area contributed by atoms with E-state index < -0.39 is 11.8 Å². The second-order valence-corrected chi connectivity index (χ2v) is 7.46. The smallest absolute Gasteiger partial charge is 0.329 e. The van der Waals surface area contributed by atoms with Crippen LogP contribution >= 0.6 is 11.6 Å². The molecule has 3 amide bonds. The molecular weight excluding hydrogens is 456 g/mol. The van der Waals surface area contributed by atoms with Crippen LogP contribution < -0.4 is 20.8 Å². The first-order valence-corrected chi connectivity index (χ1v) is 10.8. The quantitative estimate of drug-likeness (QED) is 0.258. The zero-order valence-corrected chi connectivity index (χ0v) is 19.1. The van der Waals surface area contributed by atoms with Crippen molar-refractivity contribution >= 4 is 46.9 Å². The van der Waals surface area contributed by atoms with Gasteiger partial charge < -0.3 is 15.4 Å². The Kier molecular flexibility index (Phi) is 8.76. The van der Waals surface area contributed by atoms with E-state index >= 15 is 0 Å². The van der Waals surface area contributed by atoms with Gasteiger partial charge in [0.15, 0.2) is 6.61 Å². The van der Waals surface area contributed by atoms with Crippen molar-refractivity contribution in [2.75, 3.05) is 17.2 Å². The predicted octanol–water partition coefficient (Wildman–Crippen LogP) is 4.01. The lowest BCUT2D eigenvalue weighted by atomic mass is 10.1. The lowest BCUT2D eigenvalue weighted by Crippen LogP contribution is -2.32. The summed E-state index contributed by atoms with van der Waals surface area (Å²) in [6.07, 6.45) is 2.08. The molecule has 0 saturated heterocycles. The van der Waals surface area contributed by atoms with Gasteiger partial charge in [-0.05, 0) is 47.9 Å². The van der Waals surface area contributed by atoms with Crippen LogP contribution in [0, 0.1) is 0 Å². The number of anilines is 2. The highest BCUT2D eigenvalue weighted by molar-refractivity contribution is 6.39. The van der Waals surface area contributed by atoms with Crippen molar-refractivity contribution in [3.8, 4) is 5.75 Å². The third-order valence-electron chi connectivity index (χ3n) is 4.61. The molecule has 0 aromatic heterocycles. The number of carbonyl (C=O) groups is 3. The minimum absolute atomic E-state index is 0.220. The summed E-state index contributed by atoms with van der Waals surface area (Å²) in [7, 11) is 0. The van der Waals surface area contributed by atoms with E-state index in [1.165, 1.54) is 6.21 Å². The molecule has 0 fully saturated rings. The summed E-state index contributed by atoms with van der Waals surface area (Å²) < 4.78 is 5.51. The molecule has 0 heterocycles. The number of hydrogen-bond acceptors (Lipinski definition) is 5. The first-order valence-electron chi connectivity index (χ1n) is 10.5. The highest BCUT2D eigenvalue weighted by Crippen LogP contribution is 2.20. The number of halogens is 1. The molecule has 0 radical (unpaired) electrons. The number of nitrogens with one attached hydrogen (secondary N) is 3. The van der Waals surface area contributed by atoms with Gasteiger partial charge in [-0.2, -0.15) is 5.10 Å². The average molecular weight is 479 g/mol. The number of nitrogens with zero attached hydrogens (tertiary/aromatic N) is 1. The third-order valence-corrected chi connectivity index (χ3v) is 4.94. The van der Waals surface area contributed by atoms with Crippen molar-refractivity contribution in [1.29, 1.82) is 0 Å². The molecule has 8 nitrogen and oxygen atoms in total. The first-order chi connectivity index (χ1) is 16.5. The SMILES string of the molecule is CCc1ccccc1NC(=O)C(=O)N/N=C\c1cccc(OCC(=O)Nc2ccccc2Cl)c1. The molecule has 0 aliphatic rings. The number of rotatable bonds is 8. The van der Waals surface area contributed by atoms with Gasteiger partial charge in [0.25, 0.3) is 5.91 Å². The van der Waals surface area contributed by atoms with Gasteiger partial charge in [-0.15, -0.1) is 0 Å². The van der Waals surface area contributed by atoms with E-state index in [1.807, 2.05) is 19.1 Å². The average Bonchev–Trinajstić information content (AvgIpc) is 2.84. The fraction of sp³-hybridized carbons (Fsp3) is 0.120. The van der Waals surface area contributed by atoms with E-state index in [1.54, 1.807) is 60.7 Å². The maximum atomic E-state index is 12.1. The van der Waals surface area contributed by atoms with Gasteiger partial charge in [-0.1, -0.05) is 61.0 Å². The number of amides is 3. The van der Waals surface area contributed by atoms with E-state index in [-0.39, 0.29) is 12.5 Å². The van der Waals surface area contributed by atoms with Crippen LogP contribution in [0.25, 0.3) is 0 Å². The summed E-state index contributed by atoms with van der Waals surface area (Å²) >= 11 is 6.03. The second kappa shape index (κ2) is 12.2. The van der Waals surface area contributed by atoms with Crippen LogP contribution in [0.2, 0.25) is 5.02 Å². The Bertz CT molecular complexity index is 1210. The third kappa shape index (κ3) is 7.18. The minimum Gasteiger partial charge on any atom is -0.484 e. The Hall–Kier alpha value is -4.17. The maximum absolute atomic E-state index is 12.1. The first kappa shape index (κ1) is 24.5. The summed E-state index contributed by atoms with van der Waals surface area (Å²) in [6.45, 7) is 1.74. The fourth-order valence-corrected chi connectivity index (χ4v) is 3.11. The lowest BCUT2D eigenvalue weighted by molar-refractivity contribution is -0.136. The Labute approximate surface area is 202 Å². The summed E-state index contributed by atoms with van der Waals surface area (Å²) in [5.74, 6) is -1.65. The Morgan fingerprint density at radius 1 is 0.912 bits per heavy atom. The summed E-state index contributed by atoms with van der Waals surface area (Å²) in [6, 6.07) is 20.9. The Balaban J connectivity index is 1.50. The summed E-state index contributed by atoms with van der Waals surface area (Å²) in [4.78, 5) is 36.3. The standard InChI is InChI=1S/C25H23ClN4O4/c1-2-18-9-3-5-12-21(18)29-24(32)25(33)30-27-15-17-8-7-10-19(14-17)34-16-23(31)28-22-13-6-4-11-20(22)26/h3-15H,2,16H2,1H3,(H,28,31)(H,29,32)(H,30,33)/b27-15-. The number of ether oxygens (including phenoxy) is 1. The lowest BCUT2D eigenvalue weighted by Gasteiger charge is -2.09. The van der Waals surface area contributed by atoms with Crippen LogP contribution in [0.4, 0.5) is 11.4 Å². The normalized spacial score (nSPS) is 10.5. The van der Waals surface area contributed by atoms with Crippen molar-refractivity contribution in [3.05, 3.63) is 88.9 Å². The van der Waals surface area contributed by atoms with Crippen molar-refractivity contribution in [3.63, 3.8) is 0 Å². The van der Waals surface area contributed by atoms with Gasteiger partial charge in [0, 0.05) is 5.69 Å². The van der Waals surface area contributed by atoms with Crippen molar-refractivity contribution in [2.24, 2.45) is 5.10 Å². The number of carbonyl (C=O) groups excluding carboxylic acids is 3. The van der Waals surface area contributed by atoms with Crippen molar-refractivity contribution < 1.29 is 19.1 Å². The van der Waals surface area contributed by atoms with Crippen LogP contribution in [0.3, 0.4) is 0 Å². The molecular formula is C25H23ClN4O4. The van der Waals surface area contributed by atoms with Crippen molar-refractivity contribution in [2.45, 2.75) is 13.3 Å². The van der Waals surface area contributed by atoms with Crippen LogP contribution in [0.1, 0.15) is 18.1 Å². The van der Waals surface area contributed by atoms with Crippen LogP contribution in [-0.2, 0) is 20.8 Å². The molecule has 0 unspecified atom stereocenters. The molecule has 3 N–H and O–H groups in total. The molecule has 3 aromatic carbocycles. The molecule has 0 bridgehead atoms. The van der Waals surface area contributed by atoms with Gasteiger partial charge >= 0.3 is 11.8 Å². The van der Waals surface area contributed by atoms with Crippen LogP contribution in [0.15, 0.2) is 77.9 Å². The van der Waals surface area contributed by atoms with Crippen molar-refractivity contribution in [1.82, 2.24) is 5.43 Å². The molecule has 0 aliphatic heterocycles. The minimum atomic E-state index is -0.897. The molecule has 9 heteroatoms. The fourth-order valence-electron chi connectivity index (χ4n) is 2.93. The molecule has 34 heavy (non-hydrogen) atoms. The number of para-hydroxylation sites is 2. The van der Waals surface area contributed by atoms with Crippen LogP contribution in [-0.4, -0.2) is 30.5 Å². The van der Waals surface area contributed by atoms with E-state index in [2.05, 4.69) is 21.2 Å². The Morgan fingerprint density at radius 2 is 1.65 bits per heavy atom. The van der Waals surface area contributed by atoms with Gasteiger partial charge in [0.2, 0.25) is 0 Å². The van der Waals surface area contributed by atoms with Crippen LogP contribution in [0.5, 0.6) is 5.75 Å². The van der Waals surface area contributed by atoms with E-state index in [0.29, 0.717) is 27.7 Å². The topological polar surface area (TPSA) is 109 Å². The highest BCUT2D eigenvalue weighted by Gasteiger charge is 2.14. The largest absolute Gasteiger partial charge is 0.484 e. The van der Waals surface area contributed by atoms with Gasteiger partial charge in [0.05, 0.1) is 16.9 Å². The second-order valence-electron chi connectivity index (χ2n) is 7.05. The molecule has 174 valence electrons. The van der Waals surface area contributed by atoms with E-state index in [4.69, 9.17) is 16.3 Å². The molecule has 0 spiro atoms. The Morgan fingerprint density at radius 3 is 2.41 bits per heavy atom. The monoisotopic (exact) mass is 478 g/mol. The highest BCUT2D eigenvalue weighted by atomic mass is 35.5. The van der Waals surface area contributed by atoms with Gasteiger partial charge in [0.1, 0.15) is 5.75 Å². The molecule has 3 aromatic rings. The van der Waals surface area contributed by atoms with Gasteiger partial charge in [-0.3, -0.25) is 14.4 Å².